The summed E-state index contributed by atoms with van der Waals surface area (Å²) in [7, 11) is -5.86. The number of nitrogens with zero attached hydrogens (tertiary/aromatic N) is 1. The van der Waals surface area contributed by atoms with E-state index in [1.54, 1.807) is 0 Å². The van der Waals surface area contributed by atoms with Crippen molar-refractivity contribution in [2.45, 2.75) is 16.6 Å². The number of rotatable bonds is 6. The van der Waals surface area contributed by atoms with Crippen LogP contribution in [0.25, 0.3) is 0 Å². The molecule has 0 bridgehead atoms. The second kappa shape index (κ2) is 7.77. The first kappa shape index (κ1) is 22.3. The molecule has 0 amide bonds. The second-order valence-corrected chi connectivity index (χ2v) is 7.23. The van der Waals surface area contributed by atoms with Crippen LogP contribution in [0.2, 0.25) is 0 Å². The first-order chi connectivity index (χ1) is 13.2. The fourth-order valence-electron chi connectivity index (χ4n) is 1.96. The van der Waals surface area contributed by atoms with Crippen LogP contribution in [0, 0.1) is 10.1 Å². The van der Waals surface area contributed by atoms with E-state index in [-0.39, 0.29) is 6.07 Å². The maximum atomic E-state index is 12.6. The number of nitro groups is 1. The lowest BCUT2D eigenvalue weighted by molar-refractivity contribution is -0.385. The maximum Gasteiger partial charge on any atom is 0.501 e. The summed E-state index contributed by atoms with van der Waals surface area (Å²) in [5, 5.41) is 11.2. The monoisotopic (exact) mass is 445 g/mol. The van der Waals surface area contributed by atoms with Crippen molar-refractivity contribution < 1.29 is 49.2 Å². The van der Waals surface area contributed by atoms with Crippen LogP contribution in [0.3, 0.4) is 0 Å². The Morgan fingerprint density at radius 1 is 0.931 bits per heavy atom. The average molecular weight is 445 g/mol. The third-order valence-corrected chi connectivity index (χ3v) is 4.69. The molecule has 158 valence electrons. The molecule has 0 fully saturated rings. The minimum absolute atomic E-state index is 0.136. The molecule has 29 heavy (non-hydrogen) atoms. The van der Waals surface area contributed by atoms with E-state index in [1.165, 1.54) is 12.1 Å². The van der Waals surface area contributed by atoms with Crippen molar-refractivity contribution in [2.75, 3.05) is 6.61 Å². The number of para-hydroxylation sites is 2. The van der Waals surface area contributed by atoms with Crippen LogP contribution in [-0.4, -0.2) is 31.6 Å². The number of ether oxygens (including phenoxy) is 2. The fourth-order valence-corrected chi connectivity index (χ4v) is 2.74. The Labute approximate surface area is 158 Å². The van der Waals surface area contributed by atoms with Gasteiger partial charge in [-0.05, 0) is 24.3 Å². The highest BCUT2D eigenvalue weighted by Gasteiger charge is 2.47. The average Bonchev–Trinajstić information content (AvgIpc) is 2.59. The van der Waals surface area contributed by atoms with Crippen LogP contribution in [0.15, 0.2) is 47.4 Å². The molecule has 14 heteroatoms. The van der Waals surface area contributed by atoms with Crippen molar-refractivity contribution in [3.8, 4) is 17.2 Å². The Morgan fingerprint density at radius 2 is 1.52 bits per heavy atom. The number of sulfone groups is 1. The Bertz CT molecular complexity index is 1020. The van der Waals surface area contributed by atoms with Gasteiger partial charge in [0, 0.05) is 6.07 Å². The van der Waals surface area contributed by atoms with Crippen LogP contribution in [0.5, 0.6) is 17.2 Å². The van der Waals surface area contributed by atoms with Crippen LogP contribution >= 0.6 is 0 Å². The highest BCUT2D eigenvalue weighted by Crippen LogP contribution is 2.39. The highest BCUT2D eigenvalue weighted by molar-refractivity contribution is 7.92. The molecule has 0 atom stereocenters. The molecule has 0 unspecified atom stereocenters. The van der Waals surface area contributed by atoms with Gasteiger partial charge in [-0.25, -0.2) is 8.42 Å². The number of hydrogen-bond donors (Lipinski definition) is 0. The van der Waals surface area contributed by atoms with Gasteiger partial charge in [0.25, 0.3) is 9.84 Å². The van der Waals surface area contributed by atoms with Crippen molar-refractivity contribution in [2.24, 2.45) is 0 Å². The molecular weight excluding hydrogens is 436 g/mol. The van der Waals surface area contributed by atoms with Gasteiger partial charge >= 0.3 is 17.4 Å². The summed E-state index contributed by atoms with van der Waals surface area (Å²) < 4.78 is 107. The van der Waals surface area contributed by atoms with Crippen molar-refractivity contribution >= 4 is 15.5 Å². The molecule has 2 aromatic rings. The molecule has 2 aromatic carbocycles. The molecule has 0 radical (unpaired) electrons. The summed E-state index contributed by atoms with van der Waals surface area (Å²) in [6.45, 7) is -1.70. The Morgan fingerprint density at radius 3 is 2.03 bits per heavy atom. The standard InChI is InChI=1S/C15H9F6NO6S/c16-14(17,18)8-27-12-3-1-2-4-13(12)28-11-6-5-9(7-10(11)22(23)24)29(25,26)15(19,20)21/h1-7H,8H2. The molecule has 0 aromatic heterocycles. The molecule has 0 saturated carbocycles. The van der Waals surface area contributed by atoms with E-state index < -0.39 is 60.9 Å². The predicted octanol–water partition coefficient (Wildman–Crippen LogP) is 4.62. The van der Waals surface area contributed by atoms with Crippen LogP contribution in [0.4, 0.5) is 32.0 Å². The van der Waals surface area contributed by atoms with Gasteiger partial charge in [-0.15, -0.1) is 0 Å². The van der Waals surface area contributed by atoms with Crippen LogP contribution < -0.4 is 9.47 Å². The molecule has 0 heterocycles. The largest absolute Gasteiger partial charge is 0.501 e. The number of benzene rings is 2. The number of hydrogen-bond acceptors (Lipinski definition) is 6. The number of halogens is 6. The van der Waals surface area contributed by atoms with Gasteiger partial charge in [-0.2, -0.15) is 26.3 Å². The summed E-state index contributed by atoms with van der Waals surface area (Å²) in [5.74, 6) is -1.57. The van der Waals surface area contributed by atoms with Crippen LogP contribution in [0.1, 0.15) is 0 Å². The molecule has 0 saturated heterocycles. The Balaban J connectivity index is 2.44. The van der Waals surface area contributed by atoms with E-state index in [0.717, 1.165) is 12.1 Å². The lowest BCUT2D eigenvalue weighted by Gasteiger charge is -2.14. The van der Waals surface area contributed by atoms with E-state index in [1.807, 2.05) is 0 Å². The quantitative estimate of drug-likeness (QED) is 0.366. The summed E-state index contributed by atoms with van der Waals surface area (Å²) >= 11 is 0. The van der Waals surface area contributed by atoms with Gasteiger partial charge in [-0.3, -0.25) is 10.1 Å². The topological polar surface area (TPSA) is 95.7 Å². The van der Waals surface area contributed by atoms with E-state index >= 15 is 0 Å². The molecule has 0 aliphatic heterocycles. The smallest absolute Gasteiger partial charge is 0.480 e. The number of nitro benzene ring substituents is 1. The zero-order valence-electron chi connectivity index (χ0n) is 13.8. The van der Waals surface area contributed by atoms with Crippen molar-refractivity contribution in [1.29, 1.82) is 0 Å². The molecule has 2 rings (SSSR count). The SMILES string of the molecule is O=[N+]([O-])c1cc(S(=O)(=O)C(F)(F)F)ccc1Oc1ccccc1OCC(F)(F)F. The summed E-state index contributed by atoms with van der Waals surface area (Å²) in [4.78, 5) is 8.55. The normalized spacial score (nSPS) is 12.5. The molecule has 0 spiro atoms. The van der Waals surface area contributed by atoms with Gasteiger partial charge in [-0.1, -0.05) is 12.1 Å². The lowest BCUT2D eigenvalue weighted by atomic mass is 10.3. The zero-order chi connectivity index (χ0) is 22.0. The Kier molecular flexibility index (Phi) is 5.96. The first-order valence-electron chi connectivity index (χ1n) is 7.28. The molecule has 0 N–H and O–H groups in total. The molecule has 0 aliphatic carbocycles. The van der Waals surface area contributed by atoms with E-state index in [0.29, 0.717) is 12.1 Å². The van der Waals surface area contributed by atoms with E-state index in [9.17, 15) is 44.9 Å². The van der Waals surface area contributed by atoms with Gasteiger partial charge in [0.2, 0.25) is 5.75 Å². The number of alkyl halides is 6. The summed E-state index contributed by atoms with van der Waals surface area (Å²) in [6, 6.07) is 5.88. The van der Waals surface area contributed by atoms with E-state index in [2.05, 4.69) is 4.74 Å². The van der Waals surface area contributed by atoms with Crippen molar-refractivity contribution in [1.82, 2.24) is 0 Å². The fraction of sp³-hybridized carbons (Fsp3) is 0.200. The van der Waals surface area contributed by atoms with Gasteiger partial charge in [0.1, 0.15) is 0 Å². The summed E-state index contributed by atoms with van der Waals surface area (Å²) in [6.07, 6.45) is -4.69. The maximum absolute atomic E-state index is 12.6. The summed E-state index contributed by atoms with van der Waals surface area (Å²) in [5.41, 5.74) is -6.85. The molecular formula is C15H9F6NO6S. The van der Waals surface area contributed by atoms with Crippen LogP contribution in [-0.2, 0) is 9.84 Å². The zero-order valence-corrected chi connectivity index (χ0v) is 14.6. The van der Waals surface area contributed by atoms with E-state index in [4.69, 9.17) is 4.74 Å². The highest BCUT2D eigenvalue weighted by atomic mass is 32.2. The molecule has 7 nitrogen and oxygen atoms in total. The van der Waals surface area contributed by atoms with Gasteiger partial charge in [0.15, 0.2) is 18.1 Å². The second-order valence-electron chi connectivity index (χ2n) is 5.29. The molecule has 0 aliphatic rings. The predicted molar refractivity (Wildman–Crippen MR) is 84.4 cm³/mol. The van der Waals surface area contributed by atoms with Gasteiger partial charge in [0.05, 0.1) is 9.82 Å². The third kappa shape index (κ3) is 5.28. The Hall–Kier alpha value is -3.03. The first-order valence-corrected chi connectivity index (χ1v) is 8.77. The van der Waals surface area contributed by atoms with Crippen molar-refractivity contribution in [3.63, 3.8) is 0 Å². The lowest BCUT2D eigenvalue weighted by Crippen LogP contribution is -2.23. The minimum atomic E-state index is -5.86. The third-order valence-electron chi connectivity index (χ3n) is 3.20. The van der Waals surface area contributed by atoms with Crippen molar-refractivity contribution in [3.05, 3.63) is 52.6 Å². The minimum Gasteiger partial charge on any atom is -0.480 e. The van der Waals surface area contributed by atoms with Gasteiger partial charge < -0.3 is 9.47 Å².